The maximum absolute atomic E-state index is 12.4. The van der Waals surface area contributed by atoms with Crippen molar-refractivity contribution in [3.05, 3.63) is 55.6 Å². The topological polar surface area (TPSA) is 38.3 Å². The molecule has 2 rings (SSSR count). The van der Waals surface area contributed by atoms with Gasteiger partial charge in [0.2, 0.25) is 0 Å². The predicted octanol–water partition coefficient (Wildman–Crippen LogP) is 4.82. The molecule has 0 aliphatic rings. The molecule has 0 atom stereocenters. The summed E-state index contributed by atoms with van der Waals surface area (Å²) in [5.41, 5.74) is 3.21. The van der Waals surface area contributed by atoms with Crippen molar-refractivity contribution in [3.63, 3.8) is 0 Å². The minimum atomic E-state index is -0.164. The molecule has 0 saturated carbocycles. The lowest BCUT2D eigenvalue weighted by Crippen LogP contribution is -2.14. The van der Waals surface area contributed by atoms with Crippen LogP contribution in [0.15, 0.2) is 30.3 Å². The van der Waals surface area contributed by atoms with Gasteiger partial charge in [-0.05, 0) is 59.7 Å². The molecule has 110 valence electrons. The first-order valence-corrected chi connectivity index (χ1v) is 7.80. The summed E-state index contributed by atoms with van der Waals surface area (Å²) in [4.78, 5) is 12.4. The van der Waals surface area contributed by atoms with Gasteiger partial charge in [-0.25, -0.2) is 0 Å². The number of carbonyl (C=O) groups excluding carboxylic acids is 1. The first kappa shape index (κ1) is 16.1. The molecule has 0 spiro atoms. The third-order valence-electron chi connectivity index (χ3n) is 3.17. The molecule has 1 amide bonds. The van der Waals surface area contributed by atoms with Crippen LogP contribution in [0.3, 0.4) is 0 Å². The van der Waals surface area contributed by atoms with Gasteiger partial charge in [-0.2, -0.15) is 0 Å². The molecule has 0 radical (unpaired) electrons. The highest BCUT2D eigenvalue weighted by molar-refractivity contribution is 14.1. The predicted molar refractivity (Wildman–Crippen MR) is 94.6 cm³/mol. The van der Waals surface area contributed by atoms with Crippen molar-refractivity contribution in [2.75, 3.05) is 12.4 Å². The molecular weight excluding hydrogens is 401 g/mol. The zero-order chi connectivity index (χ0) is 15.6. The molecule has 0 aliphatic heterocycles. The number of nitrogens with one attached hydrogen (secondary N) is 1. The number of methoxy groups -OCH3 is 1. The number of hydrogen-bond acceptors (Lipinski definition) is 2. The van der Waals surface area contributed by atoms with Gasteiger partial charge in [0.25, 0.3) is 5.91 Å². The summed E-state index contributed by atoms with van der Waals surface area (Å²) in [6.45, 7) is 3.86. The van der Waals surface area contributed by atoms with Crippen molar-refractivity contribution in [2.24, 2.45) is 0 Å². The minimum Gasteiger partial charge on any atom is -0.495 e. The van der Waals surface area contributed by atoms with Gasteiger partial charge in [0.1, 0.15) is 5.75 Å². The summed E-state index contributed by atoms with van der Waals surface area (Å²) in [6, 6.07) is 9.16. The van der Waals surface area contributed by atoms with Crippen LogP contribution in [0.4, 0.5) is 5.69 Å². The Bertz CT molecular complexity index is 701. The van der Waals surface area contributed by atoms with E-state index in [2.05, 4.69) is 27.9 Å². The molecule has 0 bridgehead atoms. The number of halogens is 2. The van der Waals surface area contributed by atoms with Crippen molar-refractivity contribution in [1.29, 1.82) is 0 Å². The van der Waals surface area contributed by atoms with Crippen LogP contribution in [0.2, 0.25) is 5.02 Å². The maximum atomic E-state index is 12.4. The molecule has 0 fully saturated rings. The van der Waals surface area contributed by atoms with Gasteiger partial charge in [-0.1, -0.05) is 23.7 Å². The highest BCUT2D eigenvalue weighted by Gasteiger charge is 2.14. The standard InChI is InChI=1S/C16H15ClINO2/c1-9-5-4-6-11(15(9)18)16(20)19-13-7-10(2)12(17)8-14(13)21-3/h4-8H,1-3H3,(H,19,20). The third kappa shape index (κ3) is 3.49. The summed E-state index contributed by atoms with van der Waals surface area (Å²) in [5.74, 6) is 0.379. The highest BCUT2D eigenvalue weighted by atomic mass is 127. The quantitative estimate of drug-likeness (QED) is 0.730. The Morgan fingerprint density at radius 2 is 1.95 bits per heavy atom. The van der Waals surface area contributed by atoms with Crippen molar-refractivity contribution >= 4 is 45.8 Å². The molecule has 1 N–H and O–H groups in total. The van der Waals surface area contributed by atoms with Gasteiger partial charge < -0.3 is 10.1 Å². The molecule has 0 heterocycles. The van der Waals surface area contributed by atoms with Crippen LogP contribution in [0.5, 0.6) is 5.75 Å². The van der Waals surface area contributed by atoms with Crippen LogP contribution < -0.4 is 10.1 Å². The normalized spacial score (nSPS) is 10.3. The number of carbonyl (C=O) groups is 1. The SMILES string of the molecule is COc1cc(Cl)c(C)cc1NC(=O)c1cccc(C)c1I. The van der Waals surface area contributed by atoms with Crippen LogP contribution in [0.1, 0.15) is 21.5 Å². The van der Waals surface area contributed by atoms with Crippen LogP contribution in [-0.4, -0.2) is 13.0 Å². The summed E-state index contributed by atoms with van der Waals surface area (Å²) in [6.07, 6.45) is 0. The van der Waals surface area contributed by atoms with Crippen LogP contribution in [0.25, 0.3) is 0 Å². The molecule has 5 heteroatoms. The fourth-order valence-corrected chi connectivity index (χ4v) is 2.70. The molecule has 0 unspecified atom stereocenters. The molecule has 0 aromatic heterocycles. The van der Waals surface area contributed by atoms with E-state index in [-0.39, 0.29) is 5.91 Å². The van der Waals surface area contributed by atoms with E-state index in [1.807, 2.05) is 32.0 Å². The monoisotopic (exact) mass is 415 g/mol. The maximum Gasteiger partial charge on any atom is 0.256 e. The van der Waals surface area contributed by atoms with Gasteiger partial charge in [0.15, 0.2) is 0 Å². The van der Waals surface area contributed by atoms with Gasteiger partial charge in [0, 0.05) is 14.7 Å². The lowest BCUT2D eigenvalue weighted by Gasteiger charge is -2.13. The second-order valence-corrected chi connectivity index (χ2v) is 6.18. The zero-order valence-corrected chi connectivity index (χ0v) is 14.9. The highest BCUT2D eigenvalue weighted by Crippen LogP contribution is 2.31. The van der Waals surface area contributed by atoms with E-state index >= 15 is 0 Å². The van der Waals surface area contributed by atoms with Gasteiger partial charge >= 0.3 is 0 Å². The molecule has 0 saturated heterocycles. The number of hydrogen-bond donors (Lipinski definition) is 1. The first-order chi connectivity index (χ1) is 9.93. The second-order valence-electron chi connectivity index (χ2n) is 4.69. The Morgan fingerprint density at radius 1 is 1.24 bits per heavy atom. The smallest absolute Gasteiger partial charge is 0.256 e. The molecule has 2 aromatic carbocycles. The summed E-state index contributed by atoms with van der Waals surface area (Å²) in [7, 11) is 1.55. The summed E-state index contributed by atoms with van der Waals surface area (Å²) >= 11 is 8.25. The van der Waals surface area contributed by atoms with Crippen molar-refractivity contribution in [1.82, 2.24) is 0 Å². The summed E-state index contributed by atoms with van der Waals surface area (Å²) < 4.78 is 6.21. The largest absolute Gasteiger partial charge is 0.495 e. The van der Waals surface area contributed by atoms with E-state index in [4.69, 9.17) is 16.3 Å². The Morgan fingerprint density at radius 3 is 2.62 bits per heavy atom. The van der Waals surface area contributed by atoms with Crippen molar-refractivity contribution in [2.45, 2.75) is 13.8 Å². The number of ether oxygens (including phenoxy) is 1. The Balaban J connectivity index is 2.36. The van der Waals surface area contributed by atoms with E-state index in [1.165, 1.54) is 0 Å². The molecule has 2 aromatic rings. The van der Waals surface area contributed by atoms with E-state index in [9.17, 15) is 4.79 Å². The van der Waals surface area contributed by atoms with Gasteiger partial charge in [-0.15, -0.1) is 0 Å². The molecule has 0 aliphatic carbocycles. The fraction of sp³-hybridized carbons (Fsp3) is 0.188. The van der Waals surface area contributed by atoms with Crippen LogP contribution in [0, 0.1) is 17.4 Å². The minimum absolute atomic E-state index is 0.164. The zero-order valence-electron chi connectivity index (χ0n) is 12.0. The van der Waals surface area contributed by atoms with Crippen LogP contribution in [-0.2, 0) is 0 Å². The molecule has 21 heavy (non-hydrogen) atoms. The molecular formula is C16H15ClINO2. The lowest BCUT2D eigenvalue weighted by molar-refractivity contribution is 0.102. The summed E-state index contributed by atoms with van der Waals surface area (Å²) in [5, 5.41) is 3.49. The number of anilines is 1. The van der Waals surface area contributed by atoms with Gasteiger partial charge in [0.05, 0.1) is 18.4 Å². The average molecular weight is 416 g/mol. The van der Waals surface area contributed by atoms with E-state index in [1.54, 1.807) is 19.2 Å². The van der Waals surface area contributed by atoms with Crippen molar-refractivity contribution in [3.8, 4) is 5.75 Å². The Kier molecular flexibility index (Phi) is 5.11. The second kappa shape index (κ2) is 6.66. The average Bonchev–Trinajstić information content (AvgIpc) is 2.45. The lowest BCUT2D eigenvalue weighted by atomic mass is 10.1. The van der Waals surface area contributed by atoms with E-state index < -0.39 is 0 Å². The fourth-order valence-electron chi connectivity index (χ4n) is 1.94. The number of amides is 1. The third-order valence-corrected chi connectivity index (χ3v) is 5.00. The number of benzene rings is 2. The molecule has 3 nitrogen and oxygen atoms in total. The number of aryl methyl sites for hydroxylation is 2. The first-order valence-electron chi connectivity index (χ1n) is 6.34. The Labute approximate surface area is 142 Å². The van der Waals surface area contributed by atoms with E-state index in [0.29, 0.717) is 22.0 Å². The van der Waals surface area contributed by atoms with E-state index in [0.717, 1.165) is 14.7 Å². The Hall–Kier alpha value is -1.27. The van der Waals surface area contributed by atoms with Crippen LogP contribution >= 0.6 is 34.2 Å². The van der Waals surface area contributed by atoms with Crippen molar-refractivity contribution < 1.29 is 9.53 Å². The van der Waals surface area contributed by atoms with Gasteiger partial charge in [-0.3, -0.25) is 4.79 Å². The number of rotatable bonds is 3.